The lowest BCUT2D eigenvalue weighted by Crippen LogP contribution is -3.22. The molecule has 1 heterocycles. The largest absolute Gasteiger partial charge is 0.0721 e. The van der Waals surface area contributed by atoms with E-state index < -0.39 is 56.9 Å². The number of hydrogen-bond acceptors (Lipinski definition) is 0. The third kappa shape index (κ3) is 2.70. The van der Waals surface area contributed by atoms with Crippen LogP contribution in [0, 0.1) is 0 Å². The van der Waals surface area contributed by atoms with Gasteiger partial charge in [-0.1, -0.05) is 130 Å². The van der Waals surface area contributed by atoms with Crippen LogP contribution in [-0.4, -0.2) is 56.9 Å². The van der Waals surface area contributed by atoms with Crippen molar-refractivity contribution in [2.45, 2.75) is 130 Å². The van der Waals surface area contributed by atoms with Crippen LogP contribution in [0.1, 0.15) is 27.7 Å². The maximum absolute atomic E-state index is 2.92. The van der Waals surface area contributed by atoms with Crippen LogP contribution in [0.4, 0.5) is 0 Å². The summed E-state index contributed by atoms with van der Waals surface area (Å²) >= 11 is 0. The van der Waals surface area contributed by atoms with Gasteiger partial charge in [0.1, 0.15) is 0 Å². The molecule has 0 N–H and O–H groups in total. The Kier molecular flexibility index (Phi) is 7.59. The Morgan fingerprint density at radius 3 is 0.571 bits per heavy atom. The van der Waals surface area contributed by atoms with Crippen LogP contribution in [0.5, 0.6) is 0 Å². The van der Waals surface area contributed by atoms with Gasteiger partial charge < -0.3 is 0 Å². The second-order valence-corrected chi connectivity index (χ2v) is 111. The predicted octanol–water partition coefficient (Wildman–Crippen LogP) is 7.85. The van der Waals surface area contributed by atoms with E-state index in [1.165, 1.54) is 0 Å². The summed E-state index contributed by atoms with van der Waals surface area (Å²) in [6.45, 7) is 46.1. The van der Waals surface area contributed by atoms with Gasteiger partial charge in [0.05, 0.1) is 0 Å². The summed E-state index contributed by atoms with van der Waals surface area (Å²) < 4.78 is 0. The summed E-state index contributed by atoms with van der Waals surface area (Å²) in [6.07, 6.45) is -2.35. The molecular weight excluding hydrogens is 465 g/mol. The Hall–Kier alpha value is 1.74. The third-order valence-electron chi connectivity index (χ3n) is 9.79. The van der Waals surface area contributed by atoms with Gasteiger partial charge in [-0.25, -0.2) is 0 Å². The normalized spacial score (nSPS) is 24.0. The highest BCUT2D eigenvalue weighted by atomic mass is 30.6. The van der Waals surface area contributed by atoms with Gasteiger partial charge in [0, 0.05) is 56.9 Å². The van der Waals surface area contributed by atoms with Crippen molar-refractivity contribution in [2.75, 3.05) is 0 Å². The Morgan fingerprint density at radius 1 is 0.357 bits per heavy atom. The van der Waals surface area contributed by atoms with Crippen molar-refractivity contribution in [1.82, 2.24) is 0 Å². The quantitative estimate of drug-likeness (QED) is 0.286. The molecule has 168 valence electrons. The zero-order valence-corrected chi connectivity index (χ0v) is 30.8. The highest BCUT2D eigenvalue weighted by molar-refractivity contribution is 8.43. The summed E-state index contributed by atoms with van der Waals surface area (Å²) in [5.41, 5.74) is 0. The van der Waals surface area contributed by atoms with Crippen LogP contribution < -0.4 is 0 Å². The number of rotatable bonds is 8. The van der Waals surface area contributed by atoms with Crippen LogP contribution in [0.2, 0.25) is 103 Å². The molecule has 0 nitrogen and oxygen atoms in total. The molecule has 1 aliphatic rings. The van der Waals surface area contributed by atoms with Crippen molar-refractivity contribution >= 4 is 56.9 Å². The molecule has 28 heavy (non-hydrogen) atoms. The second-order valence-electron chi connectivity index (χ2n) is 14.1. The first-order valence-electron chi connectivity index (χ1n) is 12.2. The molecule has 8 heteroatoms. The highest BCUT2D eigenvalue weighted by Gasteiger charge is 2.95. The molecule has 0 aromatic carbocycles. The van der Waals surface area contributed by atoms with Crippen LogP contribution in [0.15, 0.2) is 0 Å². The molecule has 0 atom stereocenters. The van der Waals surface area contributed by atoms with E-state index in [4.69, 9.17) is 0 Å². The molecule has 0 radical (unpaired) electrons. The lowest BCUT2D eigenvalue weighted by atomic mass is 11.0. The summed E-state index contributed by atoms with van der Waals surface area (Å²) in [6, 6.07) is 6.83. The van der Waals surface area contributed by atoms with E-state index in [1.807, 2.05) is 0 Å². The molecule has 0 spiro atoms. The molecule has 1 aliphatic heterocycles. The van der Waals surface area contributed by atoms with E-state index in [1.54, 1.807) is 24.2 Å². The van der Waals surface area contributed by atoms with Crippen molar-refractivity contribution < 1.29 is 0 Å². The Morgan fingerprint density at radius 2 is 0.500 bits per heavy atom. The molecule has 0 amide bonds. The van der Waals surface area contributed by atoms with E-state index >= 15 is 0 Å². The van der Waals surface area contributed by atoms with E-state index in [-0.39, 0.29) is 0 Å². The third-order valence-corrected chi connectivity index (χ3v) is 255. The van der Waals surface area contributed by atoms with Crippen molar-refractivity contribution in [2.24, 2.45) is 0 Å². The minimum Gasteiger partial charge on any atom is -0.0721 e. The van der Waals surface area contributed by atoms with Crippen LogP contribution >= 0.6 is 0 Å². The average molecular weight is 521 g/mol. The molecule has 0 aliphatic carbocycles. The van der Waals surface area contributed by atoms with E-state index in [2.05, 4.69) is 106 Å². The Labute approximate surface area is 186 Å². The Balaban J connectivity index is 4.47. The van der Waals surface area contributed by atoms with Crippen molar-refractivity contribution in [3.8, 4) is 0 Å². The molecule has 0 unspecified atom stereocenters. The van der Waals surface area contributed by atoms with Crippen molar-refractivity contribution in [3.63, 3.8) is 0 Å². The van der Waals surface area contributed by atoms with E-state index in [9.17, 15) is 0 Å². The van der Waals surface area contributed by atoms with Gasteiger partial charge in [-0.3, -0.25) is 0 Å². The standard InChI is InChI=1S/C20H56Si8/c1-17-25(18-2)27(21(5,6)7,22(8,9)10)26(19-3,20-4)28(25,23(11,12)13)24(14,15)16/h17-20H2,1-16H3. The molecule has 0 saturated carbocycles. The first-order chi connectivity index (χ1) is 12.2. The van der Waals surface area contributed by atoms with Gasteiger partial charge >= 0.3 is 0 Å². The predicted molar refractivity (Wildman–Crippen MR) is 158 cm³/mol. The molecular formula is C20H56Si8. The number of hydrogen-bond donors (Lipinski definition) is 0. The molecule has 0 bridgehead atoms. The minimum atomic E-state index is -1.18. The maximum Gasteiger partial charge on any atom is 0.0308 e. The van der Waals surface area contributed by atoms with Gasteiger partial charge in [0.15, 0.2) is 0 Å². The van der Waals surface area contributed by atoms with Crippen LogP contribution in [0.3, 0.4) is 0 Å². The first kappa shape index (κ1) is 27.8. The van der Waals surface area contributed by atoms with E-state index in [0.717, 1.165) is 0 Å². The fourth-order valence-electron chi connectivity index (χ4n) is 12.0. The topological polar surface area (TPSA) is 0 Å². The molecule has 0 aromatic heterocycles. The lowest BCUT2D eigenvalue weighted by molar-refractivity contribution is 1.28. The van der Waals surface area contributed by atoms with Gasteiger partial charge in [-0.2, -0.15) is 0 Å². The van der Waals surface area contributed by atoms with Crippen LogP contribution in [0.25, 0.3) is 0 Å². The zero-order chi connectivity index (χ0) is 22.8. The molecule has 0 aromatic rings. The summed E-state index contributed by atoms with van der Waals surface area (Å²) in [7, 11) is -7.00. The minimum absolute atomic E-state index is 1.16. The molecule has 1 rings (SSSR count). The van der Waals surface area contributed by atoms with Gasteiger partial charge in [0.25, 0.3) is 0 Å². The lowest BCUT2D eigenvalue weighted by Gasteiger charge is -2.91. The van der Waals surface area contributed by atoms with E-state index in [0.29, 0.717) is 0 Å². The highest BCUT2D eigenvalue weighted by Crippen LogP contribution is 2.68. The maximum atomic E-state index is 2.92. The summed E-state index contributed by atoms with van der Waals surface area (Å²) in [4.78, 5) is 0. The van der Waals surface area contributed by atoms with Crippen LogP contribution in [-0.2, 0) is 0 Å². The average Bonchev–Trinajstić information content (AvgIpc) is 2.42. The van der Waals surface area contributed by atoms with Gasteiger partial charge in [-0.05, 0) is 0 Å². The monoisotopic (exact) mass is 520 g/mol. The first-order valence-corrected chi connectivity index (χ1v) is 43.1. The zero-order valence-electron chi connectivity index (χ0n) is 22.8. The fourth-order valence-corrected chi connectivity index (χ4v) is 524. The summed E-state index contributed by atoms with van der Waals surface area (Å²) in [5, 5.41) is 0. The Bertz CT molecular complexity index is 467. The smallest absolute Gasteiger partial charge is 0.0308 e. The van der Waals surface area contributed by atoms with Gasteiger partial charge in [-0.15, -0.1) is 0 Å². The molecule has 1 saturated heterocycles. The summed E-state index contributed by atoms with van der Waals surface area (Å²) in [5.74, 6) is 0. The second kappa shape index (κ2) is 7.66. The molecule has 1 fully saturated rings. The SMILES string of the molecule is CC[Si]1(CC)[Si]([Si](C)(C)C)([Si](C)(C)C)[Si](CC)(CC)[Si]1([Si](C)(C)C)[Si](C)(C)C. The van der Waals surface area contributed by atoms with Gasteiger partial charge in [0.2, 0.25) is 0 Å². The van der Waals surface area contributed by atoms with Crippen molar-refractivity contribution in [3.05, 3.63) is 0 Å². The van der Waals surface area contributed by atoms with Crippen molar-refractivity contribution in [1.29, 1.82) is 0 Å². The fraction of sp³-hybridized carbons (Fsp3) is 1.00.